The highest BCUT2D eigenvalue weighted by Gasteiger charge is 2.36. The molecule has 1 aliphatic carbocycles. The van der Waals surface area contributed by atoms with Gasteiger partial charge in [0.1, 0.15) is 5.75 Å². The zero-order valence-corrected chi connectivity index (χ0v) is 14.7. The summed E-state index contributed by atoms with van der Waals surface area (Å²) in [5.41, 5.74) is 3.43. The summed E-state index contributed by atoms with van der Waals surface area (Å²) in [4.78, 5) is 16.5. The molecule has 1 atom stereocenters. The van der Waals surface area contributed by atoms with Crippen molar-refractivity contribution in [2.75, 3.05) is 6.61 Å². The van der Waals surface area contributed by atoms with Crippen LogP contribution in [-0.4, -0.2) is 28.7 Å². The Labute approximate surface area is 153 Å². The summed E-state index contributed by atoms with van der Waals surface area (Å²) >= 11 is 0. The van der Waals surface area contributed by atoms with Crippen molar-refractivity contribution in [3.8, 4) is 5.75 Å². The molecule has 1 aromatic heterocycles. The minimum atomic E-state index is -0.242. The molecule has 1 aromatic carbocycles. The molecule has 2 aromatic rings. The van der Waals surface area contributed by atoms with Gasteiger partial charge in [-0.05, 0) is 66.1 Å². The van der Waals surface area contributed by atoms with Gasteiger partial charge in [0.25, 0.3) is 0 Å². The van der Waals surface area contributed by atoms with Crippen LogP contribution in [0.1, 0.15) is 42.0 Å². The summed E-state index contributed by atoms with van der Waals surface area (Å²) in [6, 6.07) is 10.0. The molecular weight excluding hydrogens is 328 g/mol. The maximum absolute atomic E-state index is 12.5. The Morgan fingerprint density at radius 2 is 2.08 bits per heavy atom. The molecule has 0 radical (unpaired) electrons. The number of hydrogen-bond donors (Lipinski definition) is 2. The van der Waals surface area contributed by atoms with Gasteiger partial charge in [0.05, 0.1) is 18.8 Å². The van der Waals surface area contributed by atoms with Crippen LogP contribution in [0.15, 0.2) is 42.7 Å². The fourth-order valence-electron chi connectivity index (χ4n) is 3.83. The van der Waals surface area contributed by atoms with E-state index in [1.807, 2.05) is 24.3 Å². The van der Waals surface area contributed by atoms with Crippen LogP contribution in [0.5, 0.6) is 5.75 Å². The van der Waals surface area contributed by atoms with Crippen molar-refractivity contribution in [3.05, 3.63) is 59.4 Å². The Hall–Kier alpha value is -2.40. The Kier molecular flexibility index (Phi) is 4.89. The van der Waals surface area contributed by atoms with Crippen LogP contribution in [0, 0.1) is 5.92 Å². The number of aliphatic hydroxyl groups is 1. The average molecular weight is 352 g/mol. The lowest BCUT2D eigenvalue weighted by atomic mass is 9.74. The van der Waals surface area contributed by atoms with E-state index in [1.54, 1.807) is 12.4 Å². The first-order chi connectivity index (χ1) is 12.7. The molecule has 0 spiro atoms. The number of nitrogens with zero attached hydrogens (tertiary/aromatic N) is 1. The first kappa shape index (κ1) is 17.0. The standard InChI is InChI=1S/C21H24N2O3/c24-18-12-17(13-18)21(16-2-3-19-15(11-16)7-10-26-19)23-20(25)4-1-14-5-8-22-9-6-14/h2-3,5-6,8-9,11,17-18,21,24H,1,4,7,10,12-13H2,(H,23,25). The fraction of sp³-hybridized carbons (Fsp3) is 0.429. The lowest BCUT2D eigenvalue weighted by Gasteiger charge is -2.38. The van der Waals surface area contributed by atoms with Crippen molar-refractivity contribution < 1.29 is 14.6 Å². The monoisotopic (exact) mass is 352 g/mol. The van der Waals surface area contributed by atoms with E-state index in [-0.39, 0.29) is 24.0 Å². The van der Waals surface area contributed by atoms with Gasteiger partial charge in [-0.3, -0.25) is 9.78 Å². The van der Waals surface area contributed by atoms with E-state index < -0.39 is 0 Å². The molecule has 2 N–H and O–H groups in total. The van der Waals surface area contributed by atoms with Crippen LogP contribution in [0.4, 0.5) is 0 Å². The molecule has 5 nitrogen and oxygen atoms in total. The summed E-state index contributed by atoms with van der Waals surface area (Å²) in [6.07, 6.45) is 6.80. The number of ether oxygens (including phenoxy) is 1. The number of hydrogen-bond acceptors (Lipinski definition) is 4. The predicted octanol–water partition coefficient (Wildman–Crippen LogP) is 2.58. The third-order valence-electron chi connectivity index (χ3n) is 5.40. The molecule has 136 valence electrons. The van der Waals surface area contributed by atoms with Crippen molar-refractivity contribution in [2.45, 2.75) is 44.2 Å². The highest BCUT2D eigenvalue weighted by molar-refractivity contribution is 5.76. The number of fused-ring (bicyclic) bond motifs is 1. The normalized spacial score (nSPS) is 22.0. The quantitative estimate of drug-likeness (QED) is 0.838. The molecule has 5 heteroatoms. The van der Waals surface area contributed by atoms with E-state index in [1.165, 1.54) is 5.56 Å². The van der Waals surface area contributed by atoms with Gasteiger partial charge in [-0.2, -0.15) is 0 Å². The number of pyridine rings is 1. The number of nitrogens with one attached hydrogen (secondary N) is 1. The molecule has 1 unspecified atom stereocenters. The fourth-order valence-corrected chi connectivity index (χ4v) is 3.83. The maximum Gasteiger partial charge on any atom is 0.220 e. The highest BCUT2D eigenvalue weighted by Crippen LogP contribution is 2.39. The molecule has 0 saturated heterocycles. The number of amides is 1. The van der Waals surface area contributed by atoms with E-state index in [9.17, 15) is 9.90 Å². The number of aliphatic hydroxyl groups excluding tert-OH is 1. The lowest BCUT2D eigenvalue weighted by molar-refractivity contribution is -0.123. The van der Waals surface area contributed by atoms with E-state index in [0.29, 0.717) is 12.8 Å². The molecule has 4 rings (SSSR count). The average Bonchev–Trinajstić information content (AvgIpc) is 3.11. The second-order valence-corrected chi connectivity index (χ2v) is 7.25. The first-order valence-electron chi connectivity index (χ1n) is 9.31. The summed E-state index contributed by atoms with van der Waals surface area (Å²) in [5, 5.41) is 12.9. The zero-order valence-electron chi connectivity index (χ0n) is 14.7. The Morgan fingerprint density at radius 3 is 2.85 bits per heavy atom. The molecule has 1 fully saturated rings. The minimum Gasteiger partial charge on any atom is -0.493 e. The number of benzene rings is 1. The highest BCUT2D eigenvalue weighted by atomic mass is 16.5. The third kappa shape index (κ3) is 3.73. The van der Waals surface area contributed by atoms with Crippen LogP contribution in [-0.2, 0) is 17.6 Å². The van der Waals surface area contributed by atoms with Crippen LogP contribution in [0.2, 0.25) is 0 Å². The number of aromatic nitrogens is 1. The van der Waals surface area contributed by atoms with Gasteiger partial charge in [0.2, 0.25) is 5.91 Å². The van der Waals surface area contributed by atoms with Crippen molar-refractivity contribution in [1.82, 2.24) is 10.3 Å². The van der Waals surface area contributed by atoms with Gasteiger partial charge in [-0.15, -0.1) is 0 Å². The topological polar surface area (TPSA) is 71.5 Å². The minimum absolute atomic E-state index is 0.0463. The predicted molar refractivity (Wildman–Crippen MR) is 97.8 cm³/mol. The van der Waals surface area contributed by atoms with Crippen LogP contribution in [0.3, 0.4) is 0 Å². The van der Waals surface area contributed by atoms with Crippen molar-refractivity contribution in [2.24, 2.45) is 5.92 Å². The van der Waals surface area contributed by atoms with Crippen molar-refractivity contribution >= 4 is 5.91 Å². The van der Waals surface area contributed by atoms with Crippen LogP contribution < -0.4 is 10.1 Å². The lowest BCUT2D eigenvalue weighted by Crippen LogP contribution is -2.41. The molecule has 26 heavy (non-hydrogen) atoms. The SMILES string of the molecule is O=C(CCc1ccncc1)NC(c1ccc2c(c1)CCO2)C1CC(O)C1. The van der Waals surface area contributed by atoms with Gasteiger partial charge < -0.3 is 15.2 Å². The van der Waals surface area contributed by atoms with E-state index in [2.05, 4.69) is 16.4 Å². The summed E-state index contributed by atoms with van der Waals surface area (Å²) in [6.45, 7) is 0.726. The molecule has 2 heterocycles. The van der Waals surface area contributed by atoms with Gasteiger partial charge in [0.15, 0.2) is 0 Å². The molecule has 1 aliphatic heterocycles. The molecule has 0 bridgehead atoms. The maximum atomic E-state index is 12.5. The van der Waals surface area contributed by atoms with Gasteiger partial charge in [0, 0.05) is 25.2 Å². The Bertz CT molecular complexity index is 772. The van der Waals surface area contributed by atoms with Crippen molar-refractivity contribution in [1.29, 1.82) is 0 Å². The molecule has 1 saturated carbocycles. The summed E-state index contributed by atoms with van der Waals surface area (Å²) < 4.78 is 5.59. The largest absolute Gasteiger partial charge is 0.493 e. The Balaban J connectivity index is 1.44. The molecule has 2 aliphatic rings. The van der Waals surface area contributed by atoms with E-state index in [0.717, 1.165) is 42.7 Å². The third-order valence-corrected chi connectivity index (χ3v) is 5.40. The Morgan fingerprint density at radius 1 is 1.27 bits per heavy atom. The zero-order chi connectivity index (χ0) is 17.9. The van der Waals surface area contributed by atoms with Crippen molar-refractivity contribution in [3.63, 3.8) is 0 Å². The smallest absolute Gasteiger partial charge is 0.220 e. The van der Waals surface area contributed by atoms with Gasteiger partial charge >= 0.3 is 0 Å². The van der Waals surface area contributed by atoms with E-state index >= 15 is 0 Å². The number of rotatable bonds is 6. The second kappa shape index (κ2) is 7.46. The van der Waals surface area contributed by atoms with Crippen LogP contribution >= 0.6 is 0 Å². The number of carbonyl (C=O) groups is 1. The summed E-state index contributed by atoms with van der Waals surface area (Å²) in [5.74, 6) is 1.28. The first-order valence-corrected chi connectivity index (χ1v) is 9.31. The van der Waals surface area contributed by atoms with E-state index in [4.69, 9.17) is 4.74 Å². The van der Waals surface area contributed by atoms with Gasteiger partial charge in [-0.25, -0.2) is 0 Å². The summed E-state index contributed by atoms with van der Waals surface area (Å²) in [7, 11) is 0. The second-order valence-electron chi connectivity index (χ2n) is 7.25. The van der Waals surface area contributed by atoms with Gasteiger partial charge in [-0.1, -0.05) is 6.07 Å². The molecule has 1 amide bonds. The number of carbonyl (C=O) groups excluding carboxylic acids is 1. The van der Waals surface area contributed by atoms with Crippen LogP contribution in [0.25, 0.3) is 0 Å². The molecular formula is C21H24N2O3. The number of aryl methyl sites for hydroxylation is 1.